The van der Waals surface area contributed by atoms with Crippen LogP contribution in [-0.2, 0) is 10.2 Å². The highest BCUT2D eigenvalue weighted by Crippen LogP contribution is 2.55. The molecule has 0 aliphatic carbocycles. The van der Waals surface area contributed by atoms with E-state index in [-0.39, 0.29) is 23.9 Å². The van der Waals surface area contributed by atoms with Gasteiger partial charge in [-0.2, -0.15) is 10.4 Å². The van der Waals surface area contributed by atoms with E-state index in [2.05, 4.69) is 22.8 Å². The summed E-state index contributed by atoms with van der Waals surface area (Å²) in [4.78, 5) is 15.1. The van der Waals surface area contributed by atoms with E-state index in [1.165, 1.54) is 4.90 Å². The lowest BCUT2D eigenvalue weighted by atomic mass is 9.69. The van der Waals surface area contributed by atoms with Crippen LogP contribution in [0.5, 0.6) is 5.75 Å². The number of aromatic amines is 1. The Morgan fingerprint density at radius 1 is 1.52 bits per heavy atom. The number of nitrogens with two attached hydrogens (primary N) is 1. The van der Waals surface area contributed by atoms with Crippen molar-refractivity contribution in [3.63, 3.8) is 0 Å². The predicted molar refractivity (Wildman–Crippen MR) is 90.6 cm³/mol. The van der Waals surface area contributed by atoms with Crippen LogP contribution in [0.15, 0.2) is 48.4 Å². The smallest absolute Gasteiger partial charge is 0.249 e. The Balaban J connectivity index is 2.15. The van der Waals surface area contributed by atoms with E-state index in [1.54, 1.807) is 30.3 Å². The van der Waals surface area contributed by atoms with Gasteiger partial charge in [0.25, 0.3) is 0 Å². The molecule has 0 saturated heterocycles. The molecule has 4 rings (SSSR count). The van der Waals surface area contributed by atoms with Crippen LogP contribution in [0.4, 0.5) is 5.82 Å². The van der Waals surface area contributed by atoms with Crippen molar-refractivity contribution in [2.45, 2.75) is 12.3 Å². The summed E-state index contributed by atoms with van der Waals surface area (Å²) < 4.78 is 5.61. The average Bonchev–Trinajstić information content (AvgIpc) is 3.09. The molecule has 1 unspecified atom stereocenters. The molecule has 7 heteroatoms. The van der Waals surface area contributed by atoms with Crippen LogP contribution in [0.1, 0.15) is 16.8 Å². The van der Waals surface area contributed by atoms with Gasteiger partial charge in [-0.1, -0.05) is 24.3 Å². The molecule has 124 valence electrons. The molecule has 1 aromatic carbocycles. The lowest BCUT2D eigenvalue weighted by molar-refractivity contribution is -0.120. The third kappa shape index (κ3) is 1.63. The second kappa shape index (κ2) is 4.98. The Morgan fingerprint density at radius 3 is 3.00 bits per heavy atom. The minimum Gasteiger partial charge on any atom is -0.440 e. The van der Waals surface area contributed by atoms with Crippen molar-refractivity contribution in [3.05, 3.63) is 65.2 Å². The van der Waals surface area contributed by atoms with Crippen LogP contribution in [0.25, 0.3) is 0 Å². The number of H-pyrrole nitrogens is 1. The zero-order chi connectivity index (χ0) is 17.8. The highest BCUT2D eigenvalue weighted by atomic mass is 16.5. The maximum atomic E-state index is 13.5. The first kappa shape index (κ1) is 15.0. The maximum Gasteiger partial charge on any atom is 0.249 e. The Bertz CT molecular complexity index is 997. The van der Waals surface area contributed by atoms with Gasteiger partial charge < -0.3 is 10.5 Å². The van der Waals surface area contributed by atoms with Crippen LogP contribution < -0.4 is 15.4 Å². The van der Waals surface area contributed by atoms with Gasteiger partial charge in [-0.05, 0) is 13.0 Å². The zero-order valence-electron chi connectivity index (χ0n) is 13.5. The van der Waals surface area contributed by atoms with Crippen molar-refractivity contribution in [1.82, 2.24) is 10.2 Å². The molecule has 1 atom stereocenters. The highest BCUT2D eigenvalue weighted by Gasteiger charge is 2.61. The molecule has 3 heterocycles. The number of para-hydroxylation sites is 1. The van der Waals surface area contributed by atoms with E-state index in [0.29, 0.717) is 28.4 Å². The number of benzene rings is 1. The molecule has 2 aromatic rings. The number of fused-ring (bicyclic) bond motifs is 4. The van der Waals surface area contributed by atoms with Crippen LogP contribution in [0, 0.1) is 18.3 Å². The van der Waals surface area contributed by atoms with Gasteiger partial charge in [0, 0.05) is 23.4 Å². The lowest BCUT2D eigenvalue weighted by Crippen LogP contribution is -2.46. The molecule has 3 N–H and O–H groups in total. The number of nitriles is 1. The van der Waals surface area contributed by atoms with E-state index in [4.69, 9.17) is 10.5 Å². The summed E-state index contributed by atoms with van der Waals surface area (Å²) in [7, 11) is 0. The quantitative estimate of drug-likeness (QED) is 0.812. The van der Waals surface area contributed by atoms with Gasteiger partial charge >= 0.3 is 0 Å². The second-order valence-corrected chi connectivity index (χ2v) is 5.95. The number of carbonyl (C=O) groups excluding carboxylic acids is 1. The van der Waals surface area contributed by atoms with Crippen molar-refractivity contribution < 1.29 is 9.53 Å². The van der Waals surface area contributed by atoms with Crippen LogP contribution in [-0.4, -0.2) is 22.6 Å². The Labute approximate surface area is 144 Å². The minimum atomic E-state index is -1.36. The molecule has 0 saturated carbocycles. The zero-order valence-corrected chi connectivity index (χ0v) is 13.5. The summed E-state index contributed by atoms with van der Waals surface area (Å²) in [5.41, 5.74) is 6.67. The monoisotopic (exact) mass is 333 g/mol. The van der Waals surface area contributed by atoms with E-state index >= 15 is 0 Å². The number of aromatic nitrogens is 2. The van der Waals surface area contributed by atoms with Gasteiger partial charge in [0.2, 0.25) is 11.8 Å². The number of amides is 1. The Hall–Kier alpha value is -3.53. The molecule has 2 aliphatic heterocycles. The fourth-order valence-electron chi connectivity index (χ4n) is 3.74. The topological polar surface area (TPSA) is 108 Å². The van der Waals surface area contributed by atoms with Crippen molar-refractivity contribution in [2.24, 2.45) is 5.73 Å². The molecular weight excluding hydrogens is 318 g/mol. The number of aryl methyl sites for hydroxylation is 1. The van der Waals surface area contributed by atoms with Crippen LogP contribution >= 0.6 is 0 Å². The summed E-state index contributed by atoms with van der Waals surface area (Å²) >= 11 is 0. The SMILES string of the molecule is C=CCN1C(=O)C2(C(C#N)=C(N)Oc3ccccc32)c2c1n[nH]c2C. The molecule has 25 heavy (non-hydrogen) atoms. The number of nitrogens with zero attached hydrogens (tertiary/aromatic N) is 3. The minimum absolute atomic E-state index is 0.0680. The van der Waals surface area contributed by atoms with Crippen molar-refractivity contribution in [3.8, 4) is 11.8 Å². The fourth-order valence-corrected chi connectivity index (χ4v) is 3.74. The van der Waals surface area contributed by atoms with Crippen molar-refractivity contribution >= 4 is 11.7 Å². The van der Waals surface area contributed by atoms with E-state index in [0.717, 1.165) is 0 Å². The number of anilines is 1. The van der Waals surface area contributed by atoms with Crippen molar-refractivity contribution in [1.29, 1.82) is 5.26 Å². The molecule has 0 bridgehead atoms. The number of hydrogen-bond donors (Lipinski definition) is 2. The summed E-state index contributed by atoms with van der Waals surface area (Å²) in [5, 5.41) is 17.0. The first-order chi connectivity index (χ1) is 12.1. The van der Waals surface area contributed by atoms with Gasteiger partial charge in [0.15, 0.2) is 5.82 Å². The molecule has 7 nitrogen and oxygen atoms in total. The number of rotatable bonds is 2. The van der Waals surface area contributed by atoms with Gasteiger partial charge in [-0.3, -0.25) is 14.8 Å². The predicted octanol–water partition coefficient (Wildman–Crippen LogP) is 1.62. The van der Waals surface area contributed by atoms with E-state index in [9.17, 15) is 10.1 Å². The van der Waals surface area contributed by atoms with Gasteiger partial charge in [-0.15, -0.1) is 6.58 Å². The maximum absolute atomic E-state index is 13.5. The molecule has 1 aromatic heterocycles. The van der Waals surface area contributed by atoms with Gasteiger partial charge in [0.05, 0.1) is 0 Å². The standard InChI is InChI=1S/C18H15N5O2/c1-3-8-23-16-14(10(2)21-22-16)18(17(23)24)11-6-4-5-7-13(11)25-15(20)12(18)9-19/h3-7H,1,8,20H2,2H3,(H,21,22). The van der Waals surface area contributed by atoms with Gasteiger partial charge in [-0.25, -0.2) is 0 Å². The number of nitrogens with one attached hydrogen (secondary N) is 1. The van der Waals surface area contributed by atoms with Crippen LogP contribution in [0.3, 0.4) is 0 Å². The van der Waals surface area contributed by atoms with E-state index in [1.807, 2.05) is 6.92 Å². The van der Waals surface area contributed by atoms with Gasteiger partial charge in [0.1, 0.15) is 22.8 Å². The second-order valence-electron chi connectivity index (χ2n) is 5.95. The van der Waals surface area contributed by atoms with Crippen molar-refractivity contribution in [2.75, 3.05) is 11.4 Å². The molecule has 1 amide bonds. The molecule has 2 aliphatic rings. The summed E-state index contributed by atoms with van der Waals surface area (Å²) in [5.74, 6) is 0.595. The first-order valence-corrected chi connectivity index (χ1v) is 7.73. The van der Waals surface area contributed by atoms with Crippen LogP contribution in [0.2, 0.25) is 0 Å². The average molecular weight is 333 g/mol. The fraction of sp³-hybridized carbons (Fsp3) is 0.167. The number of carbonyl (C=O) groups is 1. The first-order valence-electron chi connectivity index (χ1n) is 7.73. The third-order valence-corrected chi connectivity index (χ3v) is 4.68. The molecular formula is C18H15N5O2. The number of ether oxygens (including phenoxy) is 1. The molecule has 0 fully saturated rings. The summed E-state index contributed by atoms with van der Waals surface area (Å²) in [6.07, 6.45) is 1.62. The molecule has 0 radical (unpaired) electrons. The molecule has 1 spiro atoms. The summed E-state index contributed by atoms with van der Waals surface area (Å²) in [6.45, 7) is 5.81. The summed E-state index contributed by atoms with van der Waals surface area (Å²) in [6, 6.07) is 9.21. The Kier molecular flexibility index (Phi) is 2.99. The largest absolute Gasteiger partial charge is 0.440 e. The number of hydrogen-bond acceptors (Lipinski definition) is 5. The van der Waals surface area contributed by atoms with E-state index < -0.39 is 5.41 Å². The highest BCUT2D eigenvalue weighted by molar-refractivity contribution is 6.13. The lowest BCUT2D eigenvalue weighted by Gasteiger charge is -2.34. The normalized spacial score (nSPS) is 21.0. The Morgan fingerprint density at radius 2 is 2.28 bits per heavy atom. The third-order valence-electron chi connectivity index (χ3n) is 4.68.